The second-order valence-corrected chi connectivity index (χ2v) is 4.46. The summed E-state index contributed by atoms with van der Waals surface area (Å²) in [6.45, 7) is 2.91. The summed E-state index contributed by atoms with van der Waals surface area (Å²) in [5.41, 5.74) is 2.05. The highest BCUT2D eigenvalue weighted by Gasteiger charge is 2.34. The molecule has 0 aromatic heterocycles. The molecule has 4 nitrogen and oxygen atoms in total. The summed E-state index contributed by atoms with van der Waals surface area (Å²) >= 11 is 1.52. The van der Waals surface area contributed by atoms with E-state index in [9.17, 15) is 9.59 Å². The largest absolute Gasteiger partial charge is 0.275 e. The molecule has 0 bridgehead atoms. The summed E-state index contributed by atoms with van der Waals surface area (Å²) in [4.78, 5) is 25.1. The maximum atomic E-state index is 11.9. The van der Waals surface area contributed by atoms with E-state index in [1.54, 1.807) is 19.1 Å². The third-order valence-corrected chi connectivity index (χ3v) is 3.20. The molecule has 0 radical (unpaired) electrons. The SMILES string of the molecule is CCN1C(=O)c2ccc(CNSC)cc2C1=O. The first-order chi connectivity index (χ1) is 8.19. The van der Waals surface area contributed by atoms with E-state index in [0.29, 0.717) is 24.2 Å². The van der Waals surface area contributed by atoms with Crippen molar-refractivity contribution in [3.8, 4) is 0 Å². The zero-order chi connectivity index (χ0) is 12.4. The topological polar surface area (TPSA) is 49.4 Å². The van der Waals surface area contributed by atoms with Crippen LogP contribution in [-0.2, 0) is 6.54 Å². The van der Waals surface area contributed by atoms with E-state index in [1.807, 2.05) is 12.3 Å². The quantitative estimate of drug-likeness (QED) is 0.652. The van der Waals surface area contributed by atoms with Gasteiger partial charge in [-0.05, 0) is 30.9 Å². The molecule has 0 atom stereocenters. The summed E-state index contributed by atoms with van der Waals surface area (Å²) in [6.07, 6.45) is 1.95. The molecule has 1 aliphatic heterocycles. The van der Waals surface area contributed by atoms with Crippen LogP contribution in [0, 0.1) is 0 Å². The van der Waals surface area contributed by atoms with E-state index in [2.05, 4.69) is 4.72 Å². The highest BCUT2D eigenvalue weighted by atomic mass is 32.2. The number of imide groups is 1. The van der Waals surface area contributed by atoms with E-state index >= 15 is 0 Å². The third-order valence-electron chi connectivity index (χ3n) is 2.77. The summed E-state index contributed by atoms with van der Waals surface area (Å²) in [5, 5.41) is 0. The monoisotopic (exact) mass is 250 g/mol. The maximum absolute atomic E-state index is 11.9. The Kier molecular flexibility index (Phi) is 3.49. The van der Waals surface area contributed by atoms with Gasteiger partial charge in [-0.25, -0.2) is 0 Å². The smallest absolute Gasteiger partial charge is 0.261 e. The number of rotatable bonds is 4. The molecular formula is C12H14N2O2S. The van der Waals surface area contributed by atoms with Crippen LogP contribution in [0.1, 0.15) is 33.2 Å². The number of fused-ring (bicyclic) bond motifs is 1. The second-order valence-electron chi connectivity index (χ2n) is 3.76. The average molecular weight is 250 g/mol. The van der Waals surface area contributed by atoms with Crippen LogP contribution >= 0.6 is 11.9 Å². The van der Waals surface area contributed by atoms with Crippen molar-refractivity contribution in [3.05, 3.63) is 34.9 Å². The van der Waals surface area contributed by atoms with E-state index in [-0.39, 0.29) is 11.8 Å². The fourth-order valence-corrected chi connectivity index (χ4v) is 2.20. The van der Waals surface area contributed by atoms with Gasteiger partial charge in [0.15, 0.2) is 0 Å². The lowest BCUT2D eigenvalue weighted by Gasteiger charge is -2.08. The van der Waals surface area contributed by atoms with Gasteiger partial charge in [-0.15, -0.1) is 0 Å². The average Bonchev–Trinajstić information content (AvgIpc) is 2.59. The predicted molar refractivity (Wildman–Crippen MR) is 67.8 cm³/mol. The second kappa shape index (κ2) is 4.89. The van der Waals surface area contributed by atoms with E-state index in [1.165, 1.54) is 16.8 Å². The number of nitrogens with one attached hydrogen (secondary N) is 1. The van der Waals surface area contributed by atoms with Gasteiger partial charge in [0.05, 0.1) is 11.1 Å². The van der Waals surface area contributed by atoms with Crippen molar-refractivity contribution >= 4 is 23.8 Å². The summed E-state index contributed by atoms with van der Waals surface area (Å²) in [7, 11) is 0. The Bertz CT molecular complexity index is 474. The Labute approximate surface area is 105 Å². The van der Waals surface area contributed by atoms with Gasteiger partial charge in [0.1, 0.15) is 0 Å². The molecule has 1 aromatic carbocycles. The van der Waals surface area contributed by atoms with Crippen molar-refractivity contribution < 1.29 is 9.59 Å². The molecular weight excluding hydrogens is 236 g/mol. The molecule has 0 fully saturated rings. The minimum atomic E-state index is -0.183. The summed E-state index contributed by atoms with van der Waals surface area (Å²) < 4.78 is 3.11. The van der Waals surface area contributed by atoms with Gasteiger partial charge >= 0.3 is 0 Å². The van der Waals surface area contributed by atoms with Crippen molar-refractivity contribution in [3.63, 3.8) is 0 Å². The molecule has 0 saturated carbocycles. The predicted octanol–water partition coefficient (Wildman–Crippen LogP) is 1.67. The zero-order valence-corrected chi connectivity index (χ0v) is 10.6. The van der Waals surface area contributed by atoms with Crippen molar-refractivity contribution in [1.82, 2.24) is 9.62 Å². The minimum Gasteiger partial charge on any atom is -0.275 e. The van der Waals surface area contributed by atoms with Crippen LogP contribution in [0.4, 0.5) is 0 Å². The number of benzene rings is 1. The molecule has 1 aliphatic rings. The Hall–Kier alpha value is -1.33. The van der Waals surface area contributed by atoms with E-state index in [4.69, 9.17) is 0 Å². The lowest BCUT2D eigenvalue weighted by atomic mass is 10.1. The van der Waals surface area contributed by atoms with E-state index in [0.717, 1.165) is 5.56 Å². The van der Waals surface area contributed by atoms with Crippen molar-refractivity contribution in [1.29, 1.82) is 0 Å². The minimum absolute atomic E-state index is 0.182. The molecule has 0 aliphatic carbocycles. The van der Waals surface area contributed by atoms with Gasteiger partial charge in [-0.1, -0.05) is 18.0 Å². The lowest BCUT2D eigenvalue weighted by Crippen LogP contribution is -2.29. The first kappa shape index (κ1) is 12.1. The van der Waals surface area contributed by atoms with Gasteiger partial charge in [0.25, 0.3) is 11.8 Å². The van der Waals surface area contributed by atoms with Gasteiger partial charge in [0.2, 0.25) is 0 Å². The number of hydrogen-bond acceptors (Lipinski definition) is 4. The number of carbonyl (C=O) groups excluding carboxylic acids is 2. The summed E-state index contributed by atoms with van der Waals surface area (Å²) in [5.74, 6) is -0.365. The van der Waals surface area contributed by atoms with Crippen molar-refractivity contribution in [2.24, 2.45) is 0 Å². The van der Waals surface area contributed by atoms with Crippen LogP contribution in [0.5, 0.6) is 0 Å². The standard InChI is InChI=1S/C12H14N2O2S/c1-3-14-11(15)9-5-4-8(7-13-17-2)6-10(9)12(14)16/h4-6,13H,3,7H2,1-2H3. The first-order valence-electron chi connectivity index (χ1n) is 5.44. The molecule has 17 heavy (non-hydrogen) atoms. The fourth-order valence-electron chi connectivity index (χ4n) is 1.89. The highest BCUT2D eigenvalue weighted by molar-refractivity contribution is 7.96. The molecule has 0 unspecified atom stereocenters. The molecule has 2 amide bonds. The number of carbonyl (C=O) groups is 2. The normalized spacial score (nSPS) is 14.4. The van der Waals surface area contributed by atoms with Gasteiger partial charge < -0.3 is 0 Å². The van der Waals surface area contributed by atoms with Crippen molar-refractivity contribution in [2.75, 3.05) is 12.8 Å². The van der Waals surface area contributed by atoms with Gasteiger partial charge in [-0.2, -0.15) is 0 Å². The molecule has 5 heteroatoms. The van der Waals surface area contributed by atoms with Crippen LogP contribution in [0.15, 0.2) is 18.2 Å². The lowest BCUT2D eigenvalue weighted by molar-refractivity contribution is 0.0663. The van der Waals surface area contributed by atoms with Crippen LogP contribution in [0.3, 0.4) is 0 Å². The van der Waals surface area contributed by atoms with Gasteiger partial charge in [-0.3, -0.25) is 19.2 Å². The molecule has 2 rings (SSSR count). The number of hydrogen-bond donors (Lipinski definition) is 1. The molecule has 1 N–H and O–H groups in total. The fraction of sp³-hybridized carbons (Fsp3) is 0.333. The Balaban J connectivity index is 2.32. The Morgan fingerprint density at radius 3 is 2.59 bits per heavy atom. The van der Waals surface area contributed by atoms with Crippen molar-refractivity contribution in [2.45, 2.75) is 13.5 Å². The molecule has 1 heterocycles. The molecule has 0 spiro atoms. The molecule has 0 saturated heterocycles. The van der Waals surface area contributed by atoms with Crippen LogP contribution in [0.25, 0.3) is 0 Å². The highest BCUT2D eigenvalue weighted by Crippen LogP contribution is 2.23. The molecule has 90 valence electrons. The summed E-state index contributed by atoms with van der Waals surface area (Å²) in [6, 6.07) is 5.42. The van der Waals surface area contributed by atoms with Gasteiger partial charge in [0, 0.05) is 13.1 Å². The molecule has 1 aromatic rings. The Morgan fingerprint density at radius 1 is 1.24 bits per heavy atom. The number of nitrogens with zero attached hydrogens (tertiary/aromatic N) is 1. The van der Waals surface area contributed by atoms with Crippen LogP contribution < -0.4 is 4.72 Å². The third kappa shape index (κ3) is 2.08. The maximum Gasteiger partial charge on any atom is 0.261 e. The van der Waals surface area contributed by atoms with E-state index < -0.39 is 0 Å². The van der Waals surface area contributed by atoms with Crippen LogP contribution in [0.2, 0.25) is 0 Å². The Morgan fingerprint density at radius 2 is 1.94 bits per heavy atom. The number of amides is 2. The first-order valence-corrected chi connectivity index (χ1v) is 6.66. The zero-order valence-electron chi connectivity index (χ0n) is 9.82. The van der Waals surface area contributed by atoms with Crippen LogP contribution in [-0.4, -0.2) is 29.5 Å².